The van der Waals surface area contributed by atoms with Gasteiger partial charge in [0.15, 0.2) is 11.2 Å². The van der Waals surface area contributed by atoms with E-state index in [1.807, 2.05) is 62.4 Å². The highest BCUT2D eigenvalue weighted by atomic mass is 19.3. The number of aromatic nitrogens is 2. The first kappa shape index (κ1) is 35.0. The molecule has 4 aromatic carbocycles. The molecule has 0 unspecified atom stereocenters. The second-order valence-corrected chi connectivity index (χ2v) is 15.0. The molecule has 280 valence electrons. The quantitative estimate of drug-likeness (QED) is 0.146. The predicted octanol–water partition coefficient (Wildman–Crippen LogP) is 7.94. The lowest BCUT2D eigenvalue weighted by Crippen LogP contribution is -2.65. The van der Waals surface area contributed by atoms with Gasteiger partial charge in [-0.3, -0.25) is 14.6 Å². The van der Waals surface area contributed by atoms with Crippen LogP contribution in [0.4, 0.5) is 8.78 Å². The summed E-state index contributed by atoms with van der Waals surface area (Å²) in [6.07, 6.45) is 1.19. The summed E-state index contributed by atoms with van der Waals surface area (Å²) in [5.41, 5.74) is 9.18. The van der Waals surface area contributed by atoms with Crippen molar-refractivity contribution >= 4 is 28.2 Å². The third-order valence-corrected chi connectivity index (χ3v) is 11.2. The Bertz CT molecular complexity index is 2530. The van der Waals surface area contributed by atoms with Crippen molar-refractivity contribution in [2.75, 3.05) is 32.8 Å². The summed E-state index contributed by atoms with van der Waals surface area (Å²) < 4.78 is 49.8. The number of nitrogens with zero attached hydrogens (tertiary/aromatic N) is 5. The summed E-state index contributed by atoms with van der Waals surface area (Å²) in [4.78, 5) is 25.6. The van der Waals surface area contributed by atoms with E-state index < -0.39 is 18.6 Å². The molecule has 6 aromatic rings. The van der Waals surface area contributed by atoms with Gasteiger partial charge in [-0.15, -0.1) is 0 Å². The fraction of sp³-hybridized carbons (Fsp3) is 0.333. The number of hydrogen-bond donors (Lipinski definition) is 1. The van der Waals surface area contributed by atoms with Gasteiger partial charge in [-0.1, -0.05) is 24.3 Å². The Morgan fingerprint density at radius 1 is 0.964 bits per heavy atom. The highest BCUT2D eigenvalue weighted by Gasteiger charge is 2.48. The smallest absolute Gasteiger partial charge is 0.387 e. The molecule has 3 saturated heterocycles. The fourth-order valence-corrected chi connectivity index (χ4v) is 8.50. The van der Waals surface area contributed by atoms with Gasteiger partial charge in [0.2, 0.25) is 11.8 Å². The average Bonchev–Trinajstić information content (AvgIpc) is 3.87. The molecule has 5 heterocycles. The average molecular weight is 746 g/mol. The molecule has 1 spiro atoms. The van der Waals surface area contributed by atoms with Crippen LogP contribution in [0.1, 0.15) is 40.7 Å². The normalized spacial score (nSPS) is 18.2. The van der Waals surface area contributed by atoms with E-state index in [0.29, 0.717) is 69.9 Å². The molecule has 9 rings (SSSR count). The van der Waals surface area contributed by atoms with E-state index in [2.05, 4.69) is 11.0 Å². The molecule has 0 bridgehead atoms. The molecule has 3 fully saturated rings. The van der Waals surface area contributed by atoms with Crippen molar-refractivity contribution in [1.82, 2.24) is 19.8 Å². The number of carboxylic acid groups (broad SMARTS) is 1. The number of benzene rings is 4. The monoisotopic (exact) mass is 745 g/mol. The Balaban J connectivity index is 1.03. The number of carboxylic acids is 1. The number of oxazole rings is 2. The van der Waals surface area contributed by atoms with E-state index in [4.69, 9.17) is 28.3 Å². The van der Waals surface area contributed by atoms with Crippen LogP contribution in [0.15, 0.2) is 69.5 Å². The van der Waals surface area contributed by atoms with Gasteiger partial charge in [-0.05, 0) is 91.4 Å². The van der Waals surface area contributed by atoms with Gasteiger partial charge in [0.05, 0.1) is 18.8 Å². The van der Waals surface area contributed by atoms with Crippen LogP contribution >= 0.6 is 0 Å². The molecule has 3 aliphatic rings. The van der Waals surface area contributed by atoms with Crippen LogP contribution in [0.5, 0.6) is 5.75 Å². The second kappa shape index (κ2) is 13.6. The molecule has 11 nitrogen and oxygen atoms in total. The highest BCUT2D eigenvalue weighted by molar-refractivity contribution is 5.86. The molecule has 55 heavy (non-hydrogen) atoms. The second-order valence-electron chi connectivity index (χ2n) is 15.0. The summed E-state index contributed by atoms with van der Waals surface area (Å²) in [7, 11) is 0. The minimum Gasteiger partial charge on any atom is -0.480 e. The van der Waals surface area contributed by atoms with E-state index >= 15 is 0 Å². The molecule has 0 radical (unpaired) electrons. The van der Waals surface area contributed by atoms with E-state index in [9.17, 15) is 23.9 Å². The minimum absolute atomic E-state index is 0.0787. The van der Waals surface area contributed by atoms with Crippen LogP contribution in [0.3, 0.4) is 0 Å². The van der Waals surface area contributed by atoms with E-state index in [0.717, 1.165) is 66.2 Å². The van der Waals surface area contributed by atoms with Gasteiger partial charge in [0, 0.05) is 54.4 Å². The van der Waals surface area contributed by atoms with Crippen molar-refractivity contribution in [3.8, 4) is 45.9 Å². The molecule has 0 saturated carbocycles. The number of fused-ring (bicyclic) bond motifs is 2. The molecule has 13 heteroatoms. The van der Waals surface area contributed by atoms with Crippen LogP contribution in [0.2, 0.25) is 0 Å². The van der Waals surface area contributed by atoms with Gasteiger partial charge in [0.1, 0.15) is 28.9 Å². The fourth-order valence-electron chi connectivity index (χ4n) is 8.50. The Labute approximate surface area is 314 Å². The minimum atomic E-state index is -3.07. The first-order chi connectivity index (χ1) is 26.6. The highest BCUT2D eigenvalue weighted by Crippen LogP contribution is 2.41. The largest absolute Gasteiger partial charge is 0.480 e. The van der Waals surface area contributed by atoms with Crippen LogP contribution < -0.4 is 4.74 Å². The molecular formula is C42H37F2N5O6. The lowest BCUT2D eigenvalue weighted by atomic mass is 9.78. The molecule has 3 aliphatic heterocycles. The number of ether oxygens (including phenoxy) is 2. The molecule has 0 aliphatic carbocycles. The maximum Gasteiger partial charge on any atom is 0.387 e. The maximum absolute atomic E-state index is 13.5. The first-order valence-corrected chi connectivity index (χ1v) is 18.3. The number of nitriles is 1. The van der Waals surface area contributed by atoms with Crippen molar-refractivity contribution in [1.29, 1.82) is 5.26 Å². The topological polar surface area (TPSA) is 138 Å². The first-order valence-electron chi connectivity index (χ1n) is 18.3. The maximum atomic E-state index is 13.5. The Hall–Kier alpha value is -5.68. The predicted molar refractivity (Wildman–Crippen MR) is 198 cm³/mol. The van der Waals surface area contributed by atoms with E-state index in [1.165, 1.54) is 6.07 Å². The Kier molecular flexibility index (Phi) is 8.64. The molecule has 2 aromatic heterocycles. The zero-order chi connectivity index (χ0) is 38.0. The summed E-state index contributed by atoms with van der Waals surface area (Å²) in [5.74, 6) is -0.293. The van der Waals surface area contributed by atoms with Crippen molar-refractivity contribution in [2.24, 2.45) is 5.41 Å². The van der Waals surface area contributed by atoms with E-state index in [1.54, 1.807) is 11.0 Å². The molecule has 1 N–H and O–H groups in total. The van der Waals surface area contributed by atoms with Crippen LogP contribution in [-0.4, -0.2) is 76.3 Å². The van der Waals surface area contributed by atoms with Crippen LogP contribution in [0.25, 0.3) is 56.2 Å². The summed E-state index contributed by atoms with van der Waals surface area (Å²) in [5, 5.41) is 19.7. The molecule has 0 amide bonds. The van der Waals surface area contributed by atoms with Crippen molar-refractivity contribution in [3.63, 3.8) is 0 Å². The Morgan fingerprint density at radius 3 is 2.27 bits per heavy atom. The number of aliphatic carboxylic acids is 1. The molecular weight excluding hydrogens is 708 g/mol. The summed E-state index contributed by atoms with van der Waals surface area (Å²) in [6.45, 7) is 5.91. The third kappa shape index (κ3) is 6.30. The number of likely N-dealkylation sites (tertiary alicyclic amines) is 2. The van der Waals surface area contributed by atoms with Gasteiger partial charge in [-0.2, -0.15) is 14.0 Å². The zero-order valence-electron chi connectivity index (χ0n) is 30.3. The number of carbonyl (C=O) groups is 1. The number of halogens is 2. The van der Waals surface area contributed by atoms with Gasteiger partial charge < -0.3 is 23.4 Å². The molecule has 1 atom stereocenters. The lowest BCUT2D eigenvalue weighted by molar-refractivity contribution is -0.191. The van der Waals surface area contributed by atoms with Gasteiger partial charge >= 0.3 is 12.6 Å². The van der Waals surface area contributed by atoms with Gasteiger partial charge in [-0.25, -0.2) is 9.97 Å². The van der Waals surface area contributed by atoms with Crippen molar-refractivity contribution in [3.05, 3.63) is 88.5 Å². The SMILES string of the molecule is Cc1c(-c2nc3cc(CN4CCC[C@H]4C(=O)O)c(OC(F)F)cc3o2)cccc1-c1cccc(-c2nc3cc(CN4CC5(COC5)C4)cc(C#N)c3o2)c1C. The summed E-state index contributed by atoms with van der Waals surface area (Å²) in [6, 6.07) is 20.3. The van der Waals surface area contributed by atoms with Crippen molar-refractivity contribution in [2.45, 2.75) is 52.4 Å². The zero-order valence-corrected chi connectivity index (χ0v) is 30.3. The number of alkyl halides is 2. The Morgan fingerprint density at radius 2 is 1.64 bits per heavy atom. The number of hydrogen-bond acceptors (Lipinski definition) is 10. The van der Waals surface area contributed by atoms with Crippen LogP contribution in [-0.2, 0) is 22.6 Å². The summed E-state index contributed by atoms with van der Waals surface area (Å²) >= 11 is 0. The third-order valence-electron chi connectivity index (χ3n) is 11.2. The standard InChI is InChI=1S/C42H37F2N5O6/c1-23-28(6-3-8-30(23)38-46-32-14-27(18-49-11-5-10-34(49)40(50)51)35(54-41(43)44)15-36(32)53-38)29-7-4-9-31(24(29)2)39-47-33-13-25(12-26(16-45)37(33)55-39)17-48-19-42(20-48)21-52-22-42/h3-4,6-9,12-15,34,41H,5,10-11,17-22H2,1-2H3,(H,50,51)/t34-/m0/s1. The van der Waals surface area contributed by atoms with Crippen LogP contribution in [0, 0.1) is 30.6 Å². The lowest BCUT2D eigenvalue weighted by Gasteiger charge is -2.55. The van der Waals surface area contributed by atoms with Gasteiger partial charge in [0.25, 0.3) is 0 Å². The number of rotatable bonds is 10. The van der Waals surface area contributed by atoms with Crippen molar-refractivity contribution < 1.29 is 37.0 Å². The van der Waals surface area contributed by atoms with E-state index in [-0.39, 0.29) is 17.9 Å².